The Morgan fingerprint density at radius 2 is 1.93 bits per heavy atom. The van der Waals surface area contributed by atoms with E-state index in [-0.39, 0.29) is 31.8 Å². The number of carbonyl (C=O) groups excluding carboxylic acids is 1. The number of carboxylic acid groups (broad SMARTS) is 1. The molecule has 8 heteroatoms. The molecule has 0 saturated carbocycles. The summed E-state index contributed by atoms with van der Waals surface area (Å²) in [6.07, 6.45) is 0.981. The van der Waals surface area contributed by atoms with Crippen molar-refractivity contribution in [3.05, 3.63) is 35.3 Å². The third kappa shape index (κ3) is 4.28. The number of thiazole rings is 1. The van der Waals surface area contributed by atoms with Crippen LogP contribution in [0.3, 0.4) is 0 Å². The Bertz CT molecular complexity index is 810. The molecule has 0 spiro atoms. The number of benzene rings is 1. The van der Waals surface area contributed by atoms with Crippen molar-refractivity contribution in [3.63, 3.8) is 0 Å². The summed E-state index contributed by atoms with van der Waals surface area (Å²) < 4.78 is 5.56. The molecule has 2 aromatic rings. The first-order valence-corrected chi connectivity index (χ1v) is 9.75. The molecule has 0 radical (unpaired) electrons. The van der Waals surface area contributed by atoms with E-state index in [1.165, 1.54) is 16.2 Å². The SMILES string of the molecule is CCCOc1ccc(-c2nc(C(=O)N3CCC(O)(C(=O)O)CC3)cs2)cc1. The van der Waals surface area contributed by atoms with Gasteiger partial charge in [-0.15, -0.1) is 11.3 Å². The van der Waals surface area contributed by atoms with Crippen LogP contribution in [0.1, 0.15) is 36.7 Å². The van der Waals surface area contributed by atoms with Crippen molar-refractivity contribution in [1.82, 2.24) is 9.88 Å². The van der Waals surface area contributed by atoms with Gasteiger partial charge < -0.3 is 19.8 Å². The van der Waals surface area contributed by atoms with Crippen molar-refractivity contribution >= 4 is 23.2 Å². The number of ether oxygens (including phenoxy) is 1. The van der Waals surface area contributed by atoms with Gasteiger partial charge in [-0.3, -0.25) is 4.79 Å². The maximum absolute atomic E-state index is 12.6. The van der Waals surface area contributed by atoms with E-state index in [1.807, 2.05) is 31.2 Å². The van der Waals surface area contributed by atoms with Crippen LogP contribution in [0.2, 0.25) is 0 Å². The van der Waals surface area contributed by atoms with Crippen LogP contribution in [0.25, 0.3) is 10.6 Å². The zero-order chi connectivity index (χ0) is 19.4. The van der Waals surface area contributed by atoms with Gasteiger partial charge in [0.15, 0.2) is 5.60 Å². The molecule has 1 aromatic carbocycles. The molecule has 2 N–H and O–H groups in total. The number of aromatic nitrogens is 1. The lowest BCUT2D eigenvalue weighted by atomic mass is 9.91. The first-order valence-electron chi connectivity index (χ1n) is 8.87. The summed E-state index contributed by atoms with van der Waals surface area (Å²) in [5.74, 6) is -0.683. The summed E-state index contributed by atoms with van der Waals surface area (Å²) in [7, 11) is 0. The third-order valence-corrected chi connectivity index (χ3v) is 5.46. The molecule has 1 aliphatic rings. The van der Waals surface area contributed by atoms with E-state index >= 15 is 0 Å². The van der Waals surface area contributed by atoms with E-state index in [4.69, 9.17) is 9.84 Å². The number of hydrogen-bond donors (Lipinski definition) is 2. The number of amides is 1. The standard InChI is InChI=1S/C19H22N2O5S/c1-2-11-26-14-5-3-13(4-6-14)16-20-15(12-27-16)17(22)21-9-7-19(25,8-10-21)18(23)24/h3-6,12,25H,2,7-11H2,1H3,(H,23,24). The number of piperidine rings is 1. The van der Waals surface area contributed by atoms with E-state index < -0.39 is 11.6 Å². The fraction of sp³-hybridized carbons (Fsp3) is 0.421. The molecule has 0 atom stereocenters. The number of hydrogen-bond acceptors (Lipinski definition) is 6. The van der Waals surface area contributed by atoms with Gasteiger partial charge in [-0.25, -0.2) is 9.78 Å². The van der Waals surface area contributed by atoms with Gasteiger partial charge in [0.1, 0.15) is 16.5 Å². The number of aliphatic hydroxyl groups is 1. The highest BCUT2D eigenvalue weighted by atomic mass is 32.1. The smallest absolute Gasteiger partial charge is 0.335 e. The number of carbonyl (C=O) groups is 2. The van der Waals surface area contributed by atoms with Gasteiger partial charge in [-0.2, -0.15) is 0 Å². The summed E-state index contributed by atoms with van der Waals surface area (Å²) in [5.41, 5.74) is -0.505. The lowest BCUT2D eigenvalue weighted by Gasteiger charge is -2.34. The lowest BCUT2D eigenvalue weighted by molar-refractivity contribution is -0.162. The normalized spacial score (nSPS) is 16.1. The van der Waals surface area contributed by atoms with Crippen LogP contribution in [-0.2, 0) is 4.79 Å². The zero-order valence-corrected chi connectivity index (χ0v) is 15.9. The van der Waals surface area contributed by atoms with Crippen molar-refractivity contribution in [2.24, 2.45) is 0 Å². The van der Waals surface area contributed by atoms with Crippen molar-refractivity contribution in [2.45, 2.75) is 31.8 Å². The first kappa shape index (κ1) is 19.3. The number of rotatable bonds is 6. The molecule has 3 rings (SSSR count). The van der Waals surface area contributed by atoms with Crippen LogP contribution in [0, 0.1) is 0 Å². The second-order valence-electron chi connectivity index (χ2n) is 6.54. The maximum atomic E-state index is 12.6. The van der Waals surface area contributed by atoms with Gasteiger partial charge in [-0.1, -0.05) is 6.92 Å². The molecular weight excluding hydrogens is 368 g/mol. The Labute approximate surface area is 161 Å². The number of aliphatic carboxylic acids is 1. The molecule has 27 heavy (non-hydrogen) atoms. The average molecular weight is 390 g/mol. The highest BCUT2D eigenvalue weighted by Gasteiger charge is 2.40. The van der Waals surface area contributed by atoms with E-state index in [9.17, 15) is 14.7 Å². The quantitative estimate of drug-likeness (QED) is 0.787. The van der Waals surface area contributed by atoms with Crippen molar-refractivity contribution in [2.75, 3.05) is 19.7 Å². The van der Waals surface area contributed by atoms with Gasteiger partial charge in [0, 0.05) is 36.9 Å². The minimum absolute atomic E-state index is 0.0181. The Hall–Kier alpha value is -2.45. The third-order valence-electron chi connectivity index (χ3n) is 4.57. The summed E-state index contributed by atoms with van der Waals surface area (Å²) in [5, 5.41) is 21.5. The highest BCUT2D eigenvalue weighted by molar-refractivity contribution is 7.13. The van der Waals surface area contributed by atoms with Crippen molar-refractivity contribution in [1.29, 1.82) is 0 Å². The molecule has 1 amide bonds. The molecule has 1 fully saturated rings. The molecule has 0 unspecified atom stereocenters. The Balaban J connectivity index is 1.65. The van der Waals surface area contributed by atoms with Gasteiger partial charge in [-0.05, 0) is 30.7 Å². The molecule has 0 bridgehead atoms. The topological polar surface area (TPSA) is 100.0 Å². The predicted octanol–water partition coefficient (Wildman–Crippen LogP) is 2.65. The van der Waals surface area contributed by atoms with Crippen molar-refractivity contribution in [3.8, 4) is 16.3 Å². The lowest BCUT2D eigenvalue weighted by Crippen LogP contribution is -2.50. The van der Waals surface area contributed by atoms with Crippen LogP contribution in [0.15, 0.2) is 29.6 Å². The molecule has 7 nitrogen and oxygen atoms in total. The second kappa shape index (κ2) is 8.06. The van der Waals surface area contributed by atoms with E-state index in [2.05, 4.69) is 4.98 Å². The largest absolute Gasteiger partial charge is 0.494 e. The molecule has 1 aromatic heterocycles. The molecule has 0 aliphatic carbocycles. The Kier molecular flexibility index (Phi) is 5.76. The summed E-state index contributed by atoms with van der Waals surface area (Å²) >= 11 is 1.38. The van der Waals surface area contributed by atoms with Crippen LogP contribution in [-0.4, -0.2) is 57.3 Å². The fourth-order valence-corrected chi connectivity index (χ4v) is 3.67. The summed E-state index contributed by atoms with van der Waals surface area (Å²) in [6, 6.07) is 7.58. The van der Waals surface area contributed by atoms with Crippen molar-refractivity contribution < 1.29 is 24.5 Å². The van der Waals surface area contributed by atoms with Gasteiger partial charge >= 0.3 is 5.97 Å². The summed E-state index contributed by atoms with van der Waals surface area (Å²) in [6.45, 7) is 3.10. The molecule has 1 aliphatic heterocycles. The Morgan fingerprint density at radius 1 is 1.26 bits per heavy atom. The monoisotopic (exact) mass is 390 g/mol. The number of carboxylic acids is 1. The maximum Gasteiger partial charge on any atom is 0.335 e. The van der Waals surface area contributed by atoms with Crippen LogP contribution < -0.4 is 4.74 Å². The van der Waals surface area contributed by atoms with E-state index in [0.717, 1.165) is 22.7 Å². The van der Waals surface area contributed by atoms with Crippen LogP contribution in [0.5, 0.6) is 5.75 Å². The van der Waals surface area contributed by atoms with Gasteiger partial charge in [0.2, 0.25) is 0 Å². The first-order chi connectivity index (χ1) is 12.9. The molecule has 2 heterocycles. The fourth-order valence-electron chi connectivity index (χ4n) is 2.87. The summed E-state index contributed by atoms with van der Waals surface area (Å²) in [4.78, 5) is 29.7. The molecule has 144 valence electrons. The zero-order valence-electron chi connectivity index (χ0n) is 15.1. The number of nitrogens with zero attached hydrogens (tertiary/aromatic N) is 2. The highest BCUT2D eigenvalue weighted by Crippen LogP contribution is 2.28. The van der Waals surface area contributed by atoms with Crippen LogP contribution >= 0.6 is 11.3 Å². The van der Waals surface area contributed by atoms with Gasteiger partial charge in [0.25, 0.3) is 5.91 Å². The van der Waals surface area contributed by atoms with E-state index in [1.54, 1.807) is 5.38 Å². The number of likely N-dealkylation sites (tertiary alicyclic amines) is 1. The second-order valence-corrected chi connectivity index (χ2v) is 7.40. The van der Waals surface area contributed by atoms with Gasteiger partial charge in [0.05, 0.1) is 6.61 Å². The van der Waals surface area contributed by atoms with Crippen LogP contribution in [0.4, 0.5) is 0 Å². The Morgan fingerprint density at radius 3 is 2.52 bits per heavy atom. The minimum Gasteiger partial charge on any atom is -0.494 e. The average Bonchev–Trinajstić information content (AvgIpc) is 3.17. The van der Waals surface area contributed by atoms with E-state index in [0.29, 0.717) is 12.3 Å². The molecular formula is C19H22N2O5S. The predicted molar refractivity (Wildman–Crippen MR) is 101 cm³/mol. The minimum atomic E-state index is -1.74. The molecule has 1 saturated heterocycles.